The highest BCUT2D eigenvalue weighted by atomic mass is 35.5. The molecule has 2 rings (SSSR count). The van der Waals surface area contributed by atoms with E-state index < -0.39 is 0 Å². The first-order chi connectivity index (χ1) is 11.6. The molecule has 0 saturated heterocycles. The molecule has 0 atom stereocenters. The number of halogens is 1. The molecule has 2 amide bonds. The Hall–Kier alpha value is -2.33. The van der Waals surface area contributed by atoms with Crippen molar-refractivity contribution < 1.29 is 9.59 Å². The van der Waals surface area contributed by atoms with Gasteiger partial charge in [0.1, 0.15) is 0 Å². The Morgan fingerprint density at radius 3 is 2.42 bits per heavy atom. The molecule has 0 aliphatic carbocycles. The normalized spacial score (nSPS) is 10.2. The molecule has 0 radical (unpaired) electrons. The molecular weight excluding hydrogens is 324 g/mol. The zero-order valence-corrected chi connectivity index (χ0v) is 14.4. The summed E-state index contributed by atoms with van der Waals surface area (Å²) in [4.78, 5) is 23.9. The second-order valence-corrected chi connectivity index (χ2v) is 5.92. The zero-order valence-electron chi connectivity index (χ0n) is 13.6. The largest absolute Gasteiger partial charge is 0.343 e. The van der Waals surface area contributed by atoms with E-state index in [0.29, 0.717) is 16.3 Å². The van der Waals surface area contributed by atoms with Crippen LogP contribution in [0.1, 0.15) is 35.7 Å². The van der Waals surface area contributed by atoms with Gasteiger partial charge in [0, 0.05) is 5.69 Å². The fourth-order valence-corrected chi connectivity index (χ4v) is 2.46. The molecule has 0 fully saturated rings. The quantitative estimate of drug-likeness (QED) is 0.796. The molecule has 0 saturated carbocycles. The summed E-state index contributed by atoms with van der Waals surface area (Å²) in [5.74, 6) is -0.651. The van der Waals surface area contributed by atoms with Crippen LogP contribution in [0.2, 0.25) is 5.02 Å². The van der Waals surface area contributed by atoms with Crippen LogP contribution in [0.15, 0.2) is 48.5 Å². The topological polar surface area (TPSA) is 58.2 Å². The zero-order chi connectivity index (χ0) is 17.4. The molecule has 0 aliphatic heterocycles. The molecule has 0 aromatic heterocycles. The molecule has 0 spiro atoms. The maximum Gasteiger partial charge on any atom is 0.253 e. The lowest BCUT2D eigenvalue weighted by Gasteiger charge is -2.08. The van der Waals surface area contributed by atoms with Crippen molar-refractivity contribution in [2.45, 2.75) is 26.2 Å². The molecule has 2 aromatic rings. The Morgan fingerprint density at radius 2 is 1.75 bits per heavy atom. The van der Waals surface area contributed by atoms with E-state index in [1.165, 1.54) is 5.56 Å². The van der Waals surface area contributed by atoms with Gasteiger partial charge in [-0.2, -0.15) is 0 Å². The van der Waals surface area contributed by atoms with Crippen LogP contribution < -0.4 is 10.6 Å². The number of carbonyl (C=O) groups is 2. The highest BCUT2D eigenvalue weighted by molar-refractivity contribution is 6.33. The van der Waals surface area contributed by atoms with Gasteiger partial charge in [-0.05, 0) is 42.7 Å². The number of rotatable bonds is 7. The third-order valence-electron chi connectivity index (χ3n) is 3.58. The Morgan fingerprint density at radius 1 is 1.04 bits per heavy atom. The van der Waals surface area contributed by atoms with Gasteiger partial charge in [0.15, 0.2) is 0 Å². The molecular formula is C19H21ClN2O2. The maximum atomic E-state index is 12.0. The summed E-state index contributed by atoms with van der Waals surface area (Å²) in [6.45, 7) is 2.05. The van der Waals surface area contributed by atoms with E-state index >= 15 is 0 Å². The minimum Gasteiger partial charge on any atom is -0.343 e. The van der Waals surface area contributed by atoms with Crippen LogP contribution in [0.3, 0.4) is 0 Å². The van der Waals surface area contributed by atoms with Crippen molar-refractivity contribution in [2.24, 2.45) is 0 Å². The van der Waals surface area contributed by atoms with Gasteiger partial charge in [-0.25, -0.2) is 0 Å². The summed E-state index contributed by atoms with van der Waals surface area (Å²) >= 11 is 5.95. The van der Waals surface area contributed by atoms with Gasteiger partial charge in [-0.1, -0.05) is 49.2 Å². The lowest BCUT2D eigenvalue weighted by molar-refractivity contribution is -0.115. The number of unbranched alkanes of at least 4 members (excludes halogenated alkanes) is 1. The molecule has 0 heterocycles. The minimum atomic E-state index is -0.370. The van der Waals surface area contributed by atoms with E-state index in [9.17, 15) is 9.59 Å². The van der Waals surface area contributed by atoms with Crippen molar-refractivity contribution in [1.82, 2.24) is 5.32 Å². The van der Waals surface area contributed by atoms with Crippen molar-refractivity contribution >= 4 is 29.1 Å². The Balaban J connectivity index is 1.83. The minimum absolute atomic E-state index is 0.109. The van der Waals surface area contributed by atoms with Crippen LogP contribution in [-0.4, -0.2) is 18.4 Å². The molecule has 0 aliphatic rings. The van der Waals surface area contributed by atoms with E-state index in [1.807, 2.05) is 24.3 Å². The third-order valence-corrected chi connectivity index (χ3v) is 3.91. The van der Waals surface area contributed by atoms with E-state index in [-0.39, 0.29) is 18.4 Å². The molecule has 24 heavy (non-hydrogen) atoms. The Kier molecular flexibility index (Phi) is 6.82. The van der Waals surface area contributed by atoms with E-state index in [4.69, 9.17) is 11.6 Å². The maximum absolute atomic E-state index is 12.0. The second kappa shape index (κ2) is 9.08. The van der Waals surface area contributed by atoms with Crippen LogP contribution in [0.25, 0.3) is 0 Å². The van der Waals surface area contributed by atoms with Crippen LogP contribution in [0, 0.1) is 0 Å². The average Bonchev–Trinajstić information content (AvgIpc) is 2.59. The summed E-state index contributed by atoms with van der Waals surface area (Å²) in [7, 11) is 0. The Labute approximate surface area is 147 Å². The molecule has 4 nitrogen and oxygen atoms in total. The summed E-state index contributed by atoms with van der Waals surface area (Å²) in [6.07, 6.45) is 3.35. The number of carbonyl (C=O) groups excluding carboxylic acids is 2. The number of amides is 2. The van der Waals surface area contributed by atoms with Gasteiger partial charge in [-0.3, -0.25) is 9.59 Å². The summed E-state index contributed by atoms with van der Waals surface area (Å²) in [5.41, 5.74) is 2.32. The van der Waals surface area contributed by atoms with Gasteiger partial charge in [0.05, 0.1) is 17.1 Å². The number of nitrogens with one attached hydrogen (secondary N) is 2. The van der Waals surface area contributed by atoms with E-state index in [0.717, 1.165) is 19.3 Å². The second-order valence-electron chi connectivity index (χ2n) is 5.51. The van der Waals surface area contributed by atoms with Gasteiger partial charge in [-0.15, -0.1) is 0 Å². The molecule has 126 valence electrons. The van der Waals surface area contributed by atoms with Crippen LogP contribution in [-0.2, 0) is 11.2 Å². The predicted molar refractivity (Wildman–Crippen MR) is 97.5 cm³/mol. The van der Waals surface area contributed by atoms with Crippen molar-refractivity contribution in [3.63, 3.8) is 0 Å². The average molecular weight is 345 g/mol. The highest BCUT2D eigenvalue weighted by Crippen LogP contribution is 2.14. The number of hydrogen-bond acceptors (Lipinski definition) is 2. The summed E-state index contributed by atoms with van der Waals surface area (Å²) in [6, 6.07) is 14.5. The third kappa shape index (κ3) is 5.39. The Bertz CT molecular complexity index is 699. The lowest BCUT2D eigenvalue weighted by Crippen LogP contribution is -2.33. The molecule has 0 bridgehead atoms. The molecule has 0 unspecified atom stereocenters. The fourth-order valence-electron chi connectivity index (χ4n) is 2.24. The lowest BCUT2D eigenvalue weighted by atomic mass is 10.1. The SMILES string of the molecule is CCCCc1ccc(NC(=O)CNC(=O)c2ccccc2Cl)cc1. The van der Waals surface area contributed by atoms with Crippen LogP contribution in [0.5, 0.6) is 0 Å². The van der Waals surface area contributed by atoms with Crippen molar-refractivity contribution in [1.29, 1.82) is 0 Å². The fraction of sp³-hybridized carbons (Fsp3) is 0.263. The van der Waals surface area contributed by atoms with Crippen molar-refractivity contribution in [2.75, 3.05) is 11.9 Å². The molecule has 2 aromatic carbocycles. The number of benzene rings is 2. The van der Waals surface area contributed by atoms with Crippen LogP contribution in [0.4, 0.5) is 5.69 Å². The predicted octanol–water partition coefficient (Wildman–Crippen LogP) is 4.05. The summed E-state index contributed by atoms with van der Waals surface area (Å²) in [5, 5.41) is 5.68. The van der Waals surface area contributed by atoms with Gasteiger partial charge >= 0.3 is 0 Å². The van der Waals surface area contributed by atoms with Crippen molar-refractivity contribution in [3.05, 3.63) is 64.7 Å². The first kappa shape index (κ1) is 18.0. The van der Waals surface area contributed by atoms with E-state index in [1.54, 1.807) is 24.3 Å². The van der Waals surface area contributed by atoms with Gasteiger partial charge in [0.25, 0.3) is 5.91 Å². The number of hydrogen-bond donors (Lipinski definition) is 2. The van der Waals surface area contributed by atoms with Crippen molar-refractivity contribution in [3.8, 4) is 0 Å². The standard InChI is InChI=1S/C19H21ClN2O2/c1-2-3-6-14-9-11-15(12-10-14)22-18(23)13-21-19(24)16-7-4-5-8-17(16)20/h4-5,7-12H,2-3,6,13H2,1H3,(H,21,24)(H,22,23). The number of anilines is 1. The molecule has 2 N–H and O–H groups in total. The smallest absolute Gasteiger partial charge is 0.253 e. The first-order valence-corrected chi connectivity index (χ1v) is 8.39. The molecule has 5 heteroatoms. The van der Waals surface area contributed by atoms with E-state index in [2.05, 4.69) is 17.6 Å². The van der Waals surface area contributed by atoms with Gasteiger partial charge in [0.2, 0.25) is 5.91 Å². The monoisotopic (exact) mass is 344 g/mol. The highest BCUT2D eigenvalue weighted by Gasteiger charge is 2.11. The number of aryl methyl sites for hydroxylation is 1. The van der Waals surface area contributed by atoms with Crippen LogP contribution >= 0.6 is 11.6 Å². The van der Waals surface area contributed by atoms with Gasteiger partial charge < -0.3 is 10.6 Å². The first-order valence-electron chi connectivity index (χ1n) is 8.01. The summed E-state index contributed by atoms with van der Waals surface area (Å²) < 4.78 is 0.